The van der Waals surface area contributed by atoms with Gasteiger partial charge in [-0.15, -0.1) is 0 Å². The normalized spacial score (nSPS) is 10.1. The summed E-state index contributed by atoms with van der Waals surface area (Å²) in [4.78, 5) is 26.4. The van der Waals surface area contributed by atoms with Crippen molar-refractivity contribution in [2.45, 2.75) is 0 Å². The Bertz CT molecular complexity index is 691. The van der Waals surface area contributed by atoms with E-state index < -0.39 is 17.7 Å². The molecular weight excluding hydrogens is 287 g/mol. The highest BCUT2D eigenvalue weighted by Gasteiger charge is 2.11. The Kier molecular flexibility index (Phi) is 3.95. The van der Waals surface area contributed by atoms with Crippen LogP contribution in [0, 0.1) is 5.82 Å². The molecule has 0 aliphatic rings. The molecule has 0 unspecified atom stereocenters. The van der Waals surface area contributed by atoms with Gasteiger partial charge in [-0.2, -0.15) is 0 Å². The van der Waals surface area contributed by atoms with Crippen LogP contribution in [0.4, 0.5) is 10.2 Å². The molecule has 1 amide bonds. The smallest absolute Gasteiger partial charge is 0.335 e. The van der Waals surface area contributed by atoms with Gasteiger partial charge in [0, 0.05) is 11.8 Å². The summed E-state index contributed by atoms with van der Waals surface area (Å²) in [6.45, 7) is 0. The van der Waals surface area contributed by atoms with Crippen molar-refractivity contribution in [3.8, 4) is 0 Å². The van der Waals surface area contributed by atoms with E-state index in [9.17, 15) is 14.0 Å². The van der Waals surface area contributed by atoms with Crippen LogP contribution in [0.5, 0.6) is 0 Å². The lowest BCUT2D eigenvalue weighted by atomic mass is 10.2. The van der Waals surface area contributed by atoms with E-state index in [1.165, 1.54) is 30.5 Å². The number of carboxylic acids is 1. The minimum absolute atomic E-state index is 0.0161. The highest BCUT2D eigenvalue weighted by atomic mass is 35.5. The van der Waals surface area contributed by atoms with Crippen molar-refractivity contribution in [2.75, 3.05) is 5.32 Å². The molecule has 2 aromatic rings. The molecule has 0 saturated carbocycles. The third kappa shape index (κ3) is 3.10. The lowest BCUT2D eigenvalue weighted by molar-refractivity contribution is 0.0696. The van der Waals surface area contributed by atoms with Crippen LogP contribution in [0.1, 0.15) is 20.7 Å². The number of benzene rings is 1. The summed E-state index contributed by atoms with van der Waals surface area (Å²) < 4.78 is 13.2. The predicted molar refractivity (Wildman–Crippen MR) is 70.6 cm³/mol. The number of amides is 1. The lowest BCUT2D eigenvalue weighted by Crippen LogP contribution is -2.13. The first-order valence-electron chi connectivity index (χ1n) is 5.43. The van der Waals surface area contributed by atoms with Crippen LogP contribution >= 0.6 is 11.6 Å². The number of aromatic nitrogens is 1. The summed E-state index contributed by atoms with van der Waals surface area (Å²) in [6.07, 6.45) is 1.25. The largest absolute Gasteiger partial charge is 0.478 e. The first kappa shape index (κ1) is 14.0. The maximum Gasteiger partial charge on any atom is 0.335 e. The van der Waals surface area contributed by atoms with Crippen molar-refractivity contribution in [2.24, 2.45) is 0 Å². The maximum atomic E-state index is 13.2. The summed E-state index contributed by atoms with van der Waals surface area (Å²) in [7, 11) is 0. The average molecular weight is 295 g/mol. The fraction of sp³-hybridized carbons (Fsp3) is 0. The molecule has 0 fully saturated rings. The second-order valence-corrected chi connectivity index (χ2v) is 4.23. The lowest BCUT2D eigenvalue weighted by Gasteiger charge is -2.05. The van der Waals surface area contributed by atoms with E-state index in [1.54, 1.807) is 0 Å². The first-order chi connectivity index (χ1) is 9.47. The van der Waals surface area contributed by atoms with Crippen molar-refractivity contribution >= 4 is 29.3 Å². The van der Waals surface area contributed by atoms with Gasteiger partial charge in [0.1, 0.15) is 11.6 Å². The Balaban J connectivity index is 2.21. The monoisotopic (exact) mass is 294 g/mol. The second kappa shape index (κ2) is 5.66. The molecule has 2 rings (SSSR count). The van der Waals surface area contributed by atoms with Crippen LogP contribution < -0.4 is 5.32 Å². The van der Waals surface area contributed by atoms with E-state index in [4.69, 9.17) is 16.7 Å². The summed E-state index contributed by atoms with van der Waals surface area (Å²) in [6, 6.07) is 6.08. The first-order valence-corrected chi connectivity index (χ1v) is 5.81. The maximum absolute atomic E-state index is 13.2. The fourth-order valence-corrected chi connectivity index (χ4v) is 1.58. The van der Waals surface area contributed by atoms with Crippen molar-refractivity contribution in [3.63, 3.8) is 0 Å². The van der Waals surface area contributed by atoms with Gasteiger partial charge in [-0.1, -0.05) is 11.6 Å². The molecule has 0 bridgehead atoms. The minimum Gasteiger partial charge on any atom is -0.478 e. The Labute approximate surface area is 118 Å². The van der Waals surface area contributed by atoms with E-state index in [0.717, 1.165) is 6.07 Å². The van der Waals surface area contributed by atoms with E-state index in [0.29, 0.717) is 0 Å². The fourth-order valence-electron chi connectivity index (χ4n) is 1.46. The molecule has 2 N–H and O–H groups in total. The molecule has 7 heteroatoms. The zero-order chi connectivity index (χ0) is 14.7. The number of nitrogens with one attached hydrogen (secondary N) is 1. The zero-order valence-electron chi connectivity index (χ0n) is 9.93. The number of hydrogen-bond acceptors (Lipinski definition) is 3. The number of carbonyl (C=O) groups is 2. The number of hydrogen-bond donors (Lipinski definition) is 2. The van der Waals surface area contributed by atoms with Crippen LogP contribution in [0.25, 0.3) is 0 Å². The summed E-state index contributed by atoms with van der Waals surface area (Å²) in [5.41, 5.74) is 0.0343. The Morgan fingerprint density at radius 1 is 1.20 bits per heavy atom. The highest BCUT2D eigenvalue weighted by molar-refractivity contribution is 6.30. The summed E-state index contributed by atoms with van der Waals surface area (Å²) in [5, 5.41) is 11.1. The van der Waals surface area contributed by atoms with Crippen LogP contribution in [0.2, 0.25) is 5.02 Å². The molecule has 20 heavy (non-hydrogen) atoms. The van der Waals surface area contributed by atoms with Gasteiger partial charge in [-0.3, -0.25) is 4.79 Å². The Morgan fingerprint density at radius 3 is 2.60 bits per heavy atom. The molecule has 1 heterocycles. The van der Waals surface area contributed by atoms with Crippen LogP contribution in [0.15, 0.2) is 36.5 Å². The molecule has 0 saturated heterocycles. The number of carbonyl (C=O) groups excluding carboxylic acids is 1. The molecule has 0 atom stereocenters. The number of pyridine rings is 1. The highest BCUT2D eigenvalue weighted by Crippen LogP contribution is 2.16. The minimum atomic E-state index is -1.14. The molecular formula is C13H8ClFN2O3. The summed E-state index contributed by atoms with van der Waals surface area (Å²) >= 11 is 5.52. The van der Waals surface area contributed by atoms with Gasteiger partial charge in [0.15, 0.2) is 0 Å². The molecule has 0 aliphatic carbocycles. The SMILES string of the molecule is O=C(O)c1ccnc(NC(=O)c2ccc(Cl)c(F)c2)c1. The Morgan fingerprint density at radius 2 is 1.95 bits per heavy atom. The van der Waals surface area contributed by atoms with Crippen molar-refractivity contribution in [3.05, 3.63) is 58.5 Å². The number of aromatic carboxylic acids is 1. The number of rotatable bonds is 3. The standard InChI is InChI=1S/C13H8ClFN2O3/c14-9-2-1-7(5-10(9)15)12(18)17-11-6-8(13(19)20)3-4-16-11/h1-6H,(H,19,20)(H,16,17,18). The number of anilines is 1. The molecule has 0 radical (unpaired) electrons. The van der Waals surface area contributed by atoms with Gasteiger partial charge in [0.05, 0.1) is 10.6 Å². The summed E-state index contributed by atoms with van der Waals surface area (Å²) in [5.74, 6) is -2.41. The number of nitrogens with zero attached hydrogens (tertiary/aromatic N) is 1. The third-order valence-corrected chi connectivity index (χ3v) is 2.74. The van der Waals surface area contributed by atoms with Gasteiger partial charge < -0.3 is 10.4 Å². The number of halogens is 2. The van der Waals surface area contributed by atoms with E-state index in [1.807, 2.05) is 0 Å². The second-order valence-electron chi connectivity index (χ2n) is 3.82. The molecule has 102 valence electrons. The van der Waals surface area contributed by atoms with E-state index in [-0.39, 0.29) is 22.0 Å². The molecule has 5 nitrogen and oxygen atoms in total. The van der Waals surface area contributed by atoms with E-state index in [2.05, 4.69) is 10.3 Å². The van der Waals surface area contributed by atoms with Gasteiger partial charge >= 0.3 is 5.97 Å². The third-order valence-electron chi connectivity index (χ3n) is 2.43. The number of carboxylic acid groups (broad SMARTS) is 1. The molecule has 0 spiro atoms. The van der Waals surface area contributed by atoms with Gasteiger partial charge in [0.25, 0.3) is 5.91 Å². The predicted octanol–water partition coefficient (Wildman–Crippen LogP) is 2.82. The van der Waals surface area contributed by atoms with Crippen molar-refractivity contribution < 1.29 is 19.1 Å². The van der Waals surface area contributed by atoms with Gasteiger partial charge in [-0.25, -0.2) is 14.2 Å². The zero-order valence-corrected chi connectivity index (χ0v) is 10.7. The molecule has 0 aliphatic heterocycles. The van der Waals surface area contributed by atoms with Gasteiger partial charge in [0.2, 0.25) is 0 Å². The topological polar surface area (TPSA) is 79.3 Å². The van der Waals surface area contributed by atoms with Crippen LogP contribution in [-0.2, 0) is 0 Å². The Hall–Kier alpha value is -2.47. The molecule has 1 aromatic carbocycles. The van der Waals surface area contributed by atoms with Crippen LogP contribution in [-0.4, -0.2) is 22.0 Å². The van der Waals surface area contributed by atoms with Gasteiger partial charge in [-0.05, 0) is 30.3 Å². The molecule has 1 aromatic heterocycles. The van der Waals surface area contributed by atoms with Crippen molar-refractivity contribution in [1.82, 2.24) is 4.98 Å². The average Bonchev–Trinajstić information content (AvgIpc) is 2.42. The van der Waals surface area contributed by atoms with Crippen molar-refractivity contribution in [1.29, 1.82) is 0 Å². The van der Waals surface area contributed by atoms with Crippen LogP contribution in [0.3, 0.4) is 0 Å². The van der Waals surface area contributed by atoms with E-state index >= 15 is 0 Å². The quantitative estimate of drug-likeness (QED) is 0.912.